The molecule has 0 N–H and O–H groups in total. The molecule has 0 nitrogen and oxygen atoms in total. The monoisotopic (exact) mass is 357 g/mol. The maximum Gasteiger partial charge on any atom is 0.0387 e. The van der Waals surface area contributed by atoms with E-state index >= 15 is 0 Å². The highest BCUT2D eigenvalue weighted by atomic mass is 127. The van der Waals surface area contributed by atoms with Gasteiger partial charge >= 0.3 is 0 Å². The van der Waals surface area contributed by atoms with Crippen LogP contribution >= 0.6 is 38.5 Å². The van der Waals surface area contributed by atoms with Crippen molar-refractivity contribution in [1.82, 2.24) is 0 Å². The minimum absolute atomic E-state index is 1.05. The molecule has 0 heterocycles. The van der Waals surface area contributed by atoms with E-state index in [9.17, 15) is 0 Å². The van der Waals surface area contributed by atoms with Crippen LogP contribution in [0.5, 0.6) is 0 Å². The zero-order valence-electron chi connectivity index (χ0n) is 7.30. The van der Waals surface area contributed by atoms with Gasteiger partial charge in [-0.3, -0.25) is 0 Å². The average molecular weight is 358 g/mol. The first kappa shape index (κ1) is 10.2. The summed E-state index contributed by atoms with van der Waals surface area (Å²) in [6.45, 7) is 5.47. The van der Waals surface area contributed by atoms with E-state index in [-0.39, 0.29) is 0 Å². The topological polar surface area (TPSA) is 0 Å². The van der Waals surface area contributed by atoms with Crippen molar-refractivity contribution in [3.05, 3.63) is 50.5 Å². The largest absolute Gasteiger partial charge is 0.0617 e. The molecule has 69 valence electrons. The van der Waals surface area contributed by atoms with Gasteiger partial charge in [0.15, 0.2) is 0 Å². The van der Waals surface area contributed by atoms with Crippen LogP contribution in [-0.2, 0) is 0 Å². The zero-order valence-corrected chi connectivity index (χ0v) is 11.0. The highest BCUT2D eigenvalue weighted by molar-refractivity contribution is 14.1. The van der Waals surface area contributed by atoms with E-state index in [1.165, 1.54) is 14.3 Å². The molecule has 0 saturated heterocycles. The fourth-order valence-electron chi connectivity index (χ4n) is 1.39. The second-order valence-electron chi connectivity index (χ2n) is 3.01. The average Bonchev–Trinajstić information content (AvgIpc) is 2.23. The summed E-state index contributed by atoms with van der Waals surface area (Å²) in [5, 5.41) is 2.43. The highest BCUT2D eigenvalue weighted by Crippen LogP contribution is 2.29. The summed E-state index contributed by atoms with van der Waals surface area (Å²) in [6, 6.07) is 10.4. The van der Waals surface area contributed by atoms with Crippen LogP contribution in [0.1, 0.15) is 5.56 Å². The second kappa shape index (κ2) is 4.03. The van der Waals surface area contributed by atoms with Gasteiger partial charge in [-0.25, -0.2) is 0 Å². The van der Waals surface area contributed by atoms with Gasteiger partial charge in [0.1, 0.15) is 0 Å². The van der Waals surface area contributed by atoms with Crippen LogP contribution < -0.4 is 0 Å². The minimum Gasteiger partial charge on any atom is -0.0617 e. The summed E-state index contributed by atoms with van der Waals surface area (Å²) in [5.41, 5.74) is 1.05. The van der Waals surface area contributed by atoms with Crippen molar-refractivity contribution in [3.8, 4) is 0 Å². The van der Waals surface area contributed by atoms with Gasteiger partial charge in [-0.2, -0.15) is 0 Å². The number of hydrogen-bond acceptors (Lipinski definition) is 0. The van der Waals surface area contributed by atoms with Crippen LogP contribution in [0.25, 0.3) is 16.8 Å². The first-order valence-electron chi connectivity index (χ1n) is 4.15. The summed E-state index contributed by atoms with van der Waals surface area (Å²) in [4.78, 5) is 0. The van der Waals surface area contributed by atoms with Gasteiger partial charge in [-0.15, -0.1) is 0 Å². The summed E-state index contributed by atoms with van der Waals surface area (Å²) >= 11 is 5.89. The molecule has 0 aliphatic carbocycles. The normalized spacial score (nSPS) is 10.4. The van der Waals surface area contributed by atoms with Gasteiger partial charge in [-0.1, -0.05) is 30.9 Å². The van der Waals surface area contributed by atoms with Crippen molar-refractivity contribution in [2.24, 2.45) is 0 Å². The lowest BCUT2D eigenvalue weighted by molar-refractivity contribution is 1.63. The Morgan fingerprint density at radius 2 is 2.00 bits per heavy atom. The Labute approximate surface area is 105 Å². The Morgan fingerprint density at radius 3 is 2.71 bits per heavy atom. The predicted octanol–water partition coefficient (Wildman–Crippen LogP) is 4.65. The van der Waals surface area contributed by atoms with E-state index in [1.807, 2.05) is 6.07 Å². The first-order valence-corrected chi connectivity index (χ1v) is 6.02. The van der Waals surface area contributed by atoms with E-state index in [2.05, 4.69) is 62.8 Å². The third-order valence-corrected chi connectivity index (χ3v) is 4.62. The molecule has 2 aromatic carbocycles. The Hall–Kier alpha value is -0.350. The lowest BCUT2D eigenvalue weighted by atomic mass is 10.1. The molecule has 2 heteroatoms. The fraction of sp³-hybridized carbons (Fsp3) is 0. The molecule has 0 bridgehead atoms. The molecular weight excluding hydrogens is 351 g/mol. The molecule has 0 aliphatic rings. The maximum absolute atomic E-state index is 5.47. The molecule has 2 aromatic rings. The van der Waals surface area contributed by atoms with Crippen LogP contribution in [0.2, 0.25) is 0 Å². The molecule has 14 heavy (non-hydrogen) atoms. The van der Waals surface area contributed by atoms with E-state index in [0.717, 1.165) is 10.0 Å². The van der Waals surface area contributed by atoms with Crippen molar-refractivity contribution >= 4 is 55.4 Å². The Bertz CT molecular complexity index is 503. The van der Waals surface area contributed by atoms with Gasteiger partial charge in [-0.05, 0) is 67.0 Å². The van der Waals surface area contributed by atoms with E-state index in [4.69, 9.17) is 6.58 Å². The fourth-order valence-corrected chi connectivity index (χ4v) is 2.35. The molecule has 0 atom stereocenters. The molecule has 0 amide bonds. The van der Waals surface area contributed by atoms with Crippen LogP contribution in [0.4, 0.5) is 0 Å². The molecule has 0 aromatic heterocycles. The number of hydrogen-bond donors (Lipinski definition) is 0. The summed E-state index contributed by atoms with van der Waals surface area (Å²) < 4.78 is 2.37. The van der Waals surface area contributed by atoms with Gasteiger partial charge in [0, 0.05) is 8.04 Å². The van der Waals surface area contributed by atoms with Crippen LogP contribution in [0.15, 0.2) is 34.8 Å². The Balaban J connectivity index is 2.81. The van der Waals surface area contributed by atoms with Crippen LogP contribution in [-0.4, -0.2) is 0 Å². The maximum atomic E-state index is 5.47. The van der Waals surface area contributed by atoms with Crippen molar-refractivity contribution in [2.75, 3.05) is 0 Å². The van der Waals surface area contributed by atoms with Crippen LogP contribution in [0.3, 0.4) is 0 Å². The highest BCUT2D eigenvalue weighted by Gasteiger charge is 2.02. The number of rotatable bonds is 1. The Morgan fingerprint density at radius 1 is 1.21 bits per heavy atom. The van der Waals surface area contributed by atoms with Crippen LogP contribution in [0, 0.1) is 10.1 Å². The molecule has 2 rings (SSSR count). The summed E-state index contributed by atoms with van der Waals surface area (Å²) in [6.07, 6.45) is 1.62. The molecule has 0 unspecified atom stereocenters. The first-order chi connectivity index (χ1) is 6.72. The predicted molar refractivity (Wildman–Crippen MR) is 73.1 cm³/mol. The third-order valence-electron chi connectivity index (χ3n) is 2.12. The quantitative estimate of drug-likeness (QED) is 0.651. The summed E-state index contributed by atoms with van der Waals surface area (Å²) in [7, 11) is 0. The van der Waals surface area contributed by atoms with Gasteiger partial charge in [0.05, 0.1) is 0 Å². The minimum atomic E-state index is 1.05. The number of benzene rings is 2. The lowest BCUT2D eigenvalue weighted by Crippen LogP contribution is -1.80. The Kier molecular flexibility index (Phi) is 2.93. The lowest BCUT2D eigenvalue weighted by Gasteiger charge is -2.03. The molecular formula is C12H7BrI. The van der Waals surface area contributed by atoms with E-state index in [0.29, 0.717) is 0 Å². The summed E-state index contributed by atoms with van der Waals surface area (Å²) in [5.74, 6) is 0. The molecule has 0 aliphatic heterocycles. The van der Waals surface area contributed by atoms with Gasteiger partial charge < -0.3 is 0 Å². The third kappa shape index (κ3) is 1.73. The van der Waals surface area contributed by atoms with Crippen molar-refractivity contribution < 1.29 is 0 Å². The standard InChI is InChI=1S/C12H7BrI/c1-2-8-3-5-10-9(7-8)4-6-11(14)12(10)13/h1-7H. The van der Waals surface area contributed by atoms with E-state index in [1.54, 1.807) is 6.08 Å². The second-order valence-corrected chi connectivity index (χ2v) is 4.96. The molecule has 0 spiro atoms. The number of halogens is 2. The zero-order chi connectivity index (χ0) is 10.1. The molecule has 1 radical (unpaired) electrons. The van der Waals surface area contributed by atoms with Crippen molar-refractivity contribution in [2.45, 2.75) is 0 Å². The smallest absolute Gasteiger partial charge is 0.0387 e. The van der Waals surface area contributed by atoms with Gasteiger partial charge in [0.25, 0.3) is 0 Å². The van der Waals surface area contributed by atoms with Crippen molar-refractivity contribution in [3.63, 3.8) is 0 Å². The van der Waals surface area contributed by atoms with Gasteiger partial charge in [0.2, 0.25) is 0 Å². The van der Waals surface area contributed by atoms with E-state index < -0.39 is 0 Å². The molecule has 0 fully saturated rings. The SMILES string of the molecule is [CH]=Cc1ccc2c(Br)c(I)ccc2c1. The molecule has 0 saturated carbocycles. The van der Waals surface area contributed by atoms with Crippen molar-refractivity contribution in [1.29, 1.82) is 0 Å². The number of fused-ring (bicyclic) bond motifs is 1.